The molecule has 0 aromatic heterocycles. The number of carbonyl (C=O) groups is 2. The molecule has 7 nitrogen and oxygen atoms in total. The summed E-state index contributed by atoms with van der Waals surface area (Å²) in [5.41, 5.74) is 2.01. The van der Waals surface area contributed by atoms with Crippen molar-refractivity contribution in [3.8, 4) is 0 Å². The molecule has 1 aliphatic heterocycles. The lowest BCUT2D eigenvalue weighted by Gasteiger charge is -2.44. The Morgan fingerprint density at radius 1 is 0.854 bits per heavy atom. The maximum absolute atomic E-state index is 13.9. The molecular formula is C34H43N3O4. The molecule has 3 N–H and O–H groups in total. The smallest absolute Gasteiger partial charge is 0.408 e. The summed E-state index contributed by atoms with van der Waals surface area (Å²) in [4.78, 5) is 29.9. The van der Waals surface area contributed by atoms with Crippen molar-refractivity contribution in [3.63, 3.8) is 0 Å². The van der Waals surface area contributed by atoms with E-state index in [1.165, 1.54) is 10.5 Å². The summed E-state index contributed by atoms with van der Waals surface area (Å²) >= 11 is 0. The summed E-state index contributed by atoms with van der Waals surface area (Å²) in [5.74, 6) is -0.638. The van der Waals surface area contributed by atoms with E-state index >= 15 is 0 Å². The van der Waals surface area contributed by atoms with Crippen LogP contribution in [-0.2, 0) is 24.2 Å². The Kier molecular flexibility index (Phi) is 10.6. The van der Waals surface area contributed by atoms with Crippen molar-refractivity contribution >= 4 is 12.0 Å². The first-order valence-electron chi connectivity index (χ1n) is 14.6. The lowest BCUT2D eigenvalue weighted by molar-refractivity contribution is -0.132. The van der Waals surface area contributed by atoms with Crippen molar-refractivity contribution in [2.45, 2.75) is 63.8 Å². The Hall–Kier alpha value is -3.68. The number of amides is 2. The lowest BCUT2D eigenvalue weighted by atomic mass is 9.80. The van der Waals surface area contributed by atoms with Gasteiger partial charge >= 0.3 is 6.09 Å². The fourth-order valence-electron chi connectivity index (χ4n) is 5.80. The van der Waals surface area contributed by atoms with Gasteiger partial charge in [-0.2, -0.15) is 0 Å². The molecule has 2 atom stereocenters. The van der Waals surface area contributed by atoms with Crippen LogP contribution in [0.2, 0.25) is 0 Å². The van der Waals surface area contributed by atoms with Crippen molar-refractivity contribution in [2.75, 3.05) is 19.6 Å². The van der Waals surface area contributed by atoms with Crippen LogP contribution in [0.4, 0.5) is 4.79 Å². The minimum atomic E-state index is -1.15. The number of carbonyl (C=O) groups excluding carboxylic acids is 1. The van der Waals surface area contributed by atoms with Gasteiger partial charge in [-0.05, 0) is 48.3 Å². The van der Waals surface area contributed by atoms with Crippen LogP contribution >= 0.6 is 0 Å². The number of benzene rings is 3. The Morgan fingerprint density at radius 2 is 1.37 bits per heavy atom. The number of hydrogen-bond acceptors (Lipinski definition) is 4. The molecule has 0 spiro atoms. The molecule has 41 heavy (non-hydrogen) atoms. The third-order valence-electron chi connectivity index (χ3n) is 8.21. The Labute approximate surface area is 243 Å². The second-order valence-electron chi connectivity index (χ2n) is 11.5. The molecule has 0 radical (unpaired) electrons. The first-order valence-corrected chi connectivity index (χ1v) is 14.6. The first kappa shape index (κ1) is 30.3. The van der Waals surface area contributed by atoms with Crippen LogP contribution < -0.4 is 5.32 Å². The van der Waals surface area contributed by atoms with E-state index < -0.39 is 23.8 Å². The Bertz CT molecular complexity index is 1230. The van der Waals surface area contributed by atoms with Gasteiger partial charge in [0.25, 0.3) is 0 Å². The van der Waals surface area contributed by atoms with E-state index in [1.54, 1.807) is 0 Å². The number of likely N-dealkylation sites (tertiary alicyclic amines) is 1. The fourth-order valence-corrected chi connectivity index (χ4v) is 5.80. The number of nitrogens with zero attached hydrogens (tertiary/aromatic N) is 2. The van der Waals surface area contributed by atoms with E-state index in [4.69, 9.17) is 0 Å². The quantitative estimate of drug-likeness (QED) is 0.292. The number of carboxylic acid groups (broad SMARTS) is 1. The van der Waals surface area contributed by atoms with Gasteiger partial charge < -0.3 is 20.4 Å². The summed E-state index contributed by atoms with van der Waals surface area (Å²) in [6.45, 7) is 6.20. The maximum Gasteiger partial charge on any atom is 0.408 e. The highest BCUT2D eigenvalue weighted by Crippen LogP contribution is 2.29. The summed E-state index contributed by atoms with van der Waals surface area (Å²) in [5, 5.41) is 25.2. The van der Waals surface area contributed by atoms with Crippen LogP contribution in [0, 0.1) is 5.92 Å². The maximum atomic E-state index is 13.9. The topological polar surface area (TPSA) is 93.1 Å². The van der Waals surface area contributed by atoms with Gasteiger partial charge in [-0.15, -0.1) is 0 Å². The van der Waals surface area contributed by atoms with Crippen molar-refractivity contribution in [3.05, 3.63) is 108 Å². The molecular weight excluding hydrogens is 514 g/mol. The largest absolute Gasteiger partial charge is 0.465 e. The van der Waals surface area contributed by atoms with Gasteiger partial charge in [0.2, 0.25) is 5.91 Å². The number of hydrogen-bond donors (Lipinski definition) is 3. The zero-order valence-corrected chi connectivity index (χ0v) is 24.2. The fraction of sp³-hybridized carbons (Fsp3) is 0.412. The number of nitrogens with one attached hydrogen (secondary N) is 1. The Morgan fingerprint density at radius 3 is 1.88 bits per heavy atom. The van der Waals surface area contributed by atoms with E-state index in [0.717, 1.165) is 37.2 Å². The van der Waals surface area contributed by atoms with Gasteiger partial charge in [0.05, 0.1) is 11.6 Å². The molecule has 0 bridgehead atoms. The number of aliphatic hydroxyl groups is 1. The van der Waals surface area contributed by atoms with E-state index in [2.05, 4.69) is 34.5 Å². The number of rotatable bonds is 12. The lowest BCUT2D eigenvalue weighted by Crippen LogP contribution is -2.62. The second-order valence-corrected chi connectivity index (χ2v) is 11.5. The third kappa shape index (κ3) is 8.41. The predicted octanol–water partition coefficient (Wildman–Crippen LogP) is 4.99. The summed E-state index contributed by atoms with van der Waals surface area (Å²) in [6, 6.07) is 28.1. The molecule has 1 saturated heterocycles. The van der Waals surface area contributed by atoms with Crippen LogP contribution in [0.3, 0.4) is 0 Å². The van der Waals surface area contributed by atoms with Crippen LogP contribution in [0.5, 0.6) is 0 Å². The van der Waals surface area contributed by atoms with Crippen molar-refractivity contribution in [1.82, 2.24) is 15.1 Å². The van der Waals surface area contributed by atoms with Gasteiger partial charge in [-0.3, -0.25) is 9.69 Å². The van der Waals surface area contributed by atoms with Crippen LogP contribution in [0.15, 0.2) is 91.0 Å². The highest BCUT2D eigenvalue weighted by molar-refractivity contribution is 5.86. The van der Waals surface area contributed by atoms with Gasteiger partial charge in [-0.1, -0.05) is 105 Å². The molecule has 1 heterocycles. The van der Waals surface area contributed by atoms with Gasteiger partial charge in [0, 0.05) is 26.2 Å². The molecule has 3 aromatic rings. The van der Waals surface area contributed by atoms with Crippen LogP contribution in [-0.4, -0.2) is 69.3 Å². The van der Waals surface area contributed by atoms with Crippen molar-refractivity contribution < 1.29 is 19.8 Å². The molecule has 3 aromatic carbocycles. The average molecular weight is 558 g/mol. The van der Waals surface area contributed by atoms with Crippen LogP contribution in [0.25, 0.3) is 0 Å². The molecule has 0 saturated carbocycles. The molecule has 1 fully saturated rings. The standard InChI is InChI=1S/C34H43N3O4/c1-26(2)31(37(33(39)40)25-29-16-10-5-11-17-29)32(38)35-30(24-28-14-8-4-9-15-28)34(41)19-22-36(23-20-34)21-18-27-12-6-3-7-13-27/h3-17,26,30-31,41H,18-25H2,1-2H3,(H,35,38)(H,39,40)/t30-,31-/m0/s1. The highest BCUT2D eigenvalue weighted by Gasteiger charge is 2.42. The molecule has 0 unspecified atom stereocenters. The molecule has 218 valence electrons. The van der Waals surface area contributed by atoms with Gasteiger partial charge in [-0.25, -0.2) is 4.79 Å². The van der Waals surface area contributed by atoms with E-state index in [0.29, 0.717) is 19.3 Å². The van der Waals surface area contributed by atoms with Gasteiger partial charge in [0.1, 0.15) is 6.04 Å². The second kappa shape index (κ2) is 14.3. The minimum absolute atomic E-state index is 0.108. The summed E-state index contributed by atoms with van der Waals surface area (Å²) in [6.07, 6.45) is 1.32. The molecule has 4 rings (SSSR count). The van der Waals surface area contributed by atoms with Crippen molar-refractivity contribution in [2.24, 2.45) is 5.92 Å². The summed E-state index contributed by atoms with van der Waals surface area (Å²) < 4.78 is 0. The molecule has 1 aliphatic rings. The van der Waals surface area contributed by atoms with Crippen LogP contribution in [0.1, 0.15) is 43.4 Å². The van der Waals surface area contributed by atoms with E-state index in [-0.39, 0.29) is 18.4 Å². The van der Waals surface area contributed by atoms with Crippen molar-refractivity contribution in [1.29, 1.82) is 0 Å². The highest BCUT2D eigenvalue weighted by atomic mass is 16.4. The van der Waals surface area contributed by atoms with E-state index in [1.807, 2.05) is 80.6 Å². The van der Waals surface area contributed by atoms with E-state index in [9.17, 15) is 19.8 Å². The average Bonchev–Trinajstić information content (AvgIpc) is 2.97. The zero-order chi connectivity index (χ0) is 29.2. The zero-order valence-electron chi connectivity index (χ0n) is 24.2. The summed E-state index contributed by atoms with van der Waals surface area (Å²) in [7, 11) is 0. The SMILES string of the molecule is CC(C)[C@@H](C(=O)N[C@@H](Cc1ccccc1)C1(O)CCN(CCc2ccccc2)CC1)N(Cc1ccccc1)C(=O)O. The van der Waals surface area contributed by atoms with Gasteiger partial charge in [0.15, 0.2) is 0 Å². The molecule has 7 heteroatoms. The first-order chi connectivity index (χ1) is 19.7. The predicted molar refractivity (Wildman–Crippen MR) is 161 cm³/mol. The Balaban J connectivity index is 1.50. The number of piperidine rings is 1. The minimum Gasteiger partial charge on any atom is -0.465 e. The molecule has 2 amide bonds. The third-order valence-corrected chi connectivity index (χ3v) is 8.21. The normalized spacial score (nSPS) is 16.6. The monoisotopic (exact) mass is 557 g/mol. The molecule has 0 aliphatic carbocycles.